The van der Waals surface area contributed by atoms with E-state index >= 15 is 0 Å². The molecule has 1 atom stereocenters. The fourth-order valence-electron chi connectivity index (χ4n) is 3.08. The van der Waals surface area contributed by atoms with Crippen LogP contribution in [0.25, 0.3) is 0 Å². The smallest absolute Gasteiger partial charge is 0.282 e. The van der Waals surface area contributed by atoms with Crippen molar-refractivity contribution in [1.29, 1.82) is 0 Å². The standard InChI is InChI=1S/C17H25N3O3/c1-14(19-6-10-22-11-7-19)17(21)18-15-2-4-16(5-3-15)20-8-12-23-13-9-20/h2-5,14H,6-13H2,1H3,(H,18,21)/p+1/t14-/m1/s1. The summed E-state index contributed by atoms with van der Waals surface area (Å²) in [4.78, 5) is 16.0. The Hall–Kier alpha value is -1.63. The van der Waals surface area contributed by atoms with Gasteiger partial charge in [-0.05, 0) is 31.2 Å². The number of carbonyl (C=O) groups excluding carboxylic acids is 1. The van der Waals surface area contributed by atoms with Gasteiger partial charge < -0.3 is 24.6 Å². The molecule has 2 aliphatic rings. The summed E-state index contributed by atoms with van der Waals surface area (Å²) < 4.78 is 10.7. The van der Waals surface area contributed by atoms with Crippen LogP contribution >= 0.6 is 0 Å². The summed E-state index contributed by atoms with van der Waals surface area (Å²) >= 11 is 0. The van der Waals surface area contributed by atoms with Crippen molar-refractivity contribution in [2.75, 3.05) is 62.8 Å². The highest BCUT2D eigenvalue weighted by atomic mass is 16.5. The molecule has 2 aliphatic heterocycles. The van der Waals surface area contributed by atoms with Gasteiger partial charge in [-0.1, -0.05) is 0 Å². The number of ether oxygens (including phenoxy) is 2. The molecule has 1 aromatic carbocycles. The second-order valence-electron chi connectivity index (χ2n) is 6.13. The average Bonchev–Trinajstić information content (AvgIpc) is 2.63. The summed E-state index contributed by atoms with van der Waals surface area (Å²) in [6.07, 6.45) is 0. The van der Waals surface area contributed by atoms with E-state index in [4.69, 9.17) is 9.47 Å². The van der Waals surface area contributed by atoms with Crippen LogP contribution in [0.5, 0.6) is 0 Å². The molecule has 23 heavy (non-hydrogen) atoms. The van der Waals surface area contributed by atoms with Gasteiger partial charge in [-0.25, -0.2) is 0 Å². The van der Waals surface area contributed by atoms with Crippen molar-refractivity contribution in [1.82, 2.24) is 0 Å². The highest BCUT2D eigenvalue weighted by Gasteiger charge is 2.26. The van der Waals surface area contributed by atoms with Gasteiger partial charge in [-0.15, -0.1) is 0 Å². The van der Waals surface area contributed by atoms with E-state index in [2.05, 4.69) is 22.3 Å². The van der Waals surface area contributed by atoms with Crippen molar-refractivity contribution in [3.63, 3.8) is 0 Å². The highest BCUT2D eigenvalue weighted by molar-refractivity contribution is 5.93. The Morgan fingerprint density at radius 2 is 1.70 bits per heavy atom. The minimum Gasteiger partial charge on any atom is -0.378 e. The third-order valence-corrected chi connectivity index (χ3v) is 4.65. The first-order chi connectivity index (χ1) is 11.2. The Labute approximate surface area is 137 Å². The lowest BCUT2D eigenvalue weighted by atomic mass is 10.2. The van der Waals surface area contributed by atoms with Gasteiger partial charge >= 0.3 is 0 Å². The Bertz CT molecular complexity index is 508. The van der Waals surface area contributed by atoms with E-state index in [1.807, 2.05) is 19.1 Å². The number of hydrogen-bond acceptors (Lipinski definition) is 4. The fourth-order valence-corrected chi connectivity index (χ4v) is 3.08. The van der Waals surface area contributed by atoms with E-state index in [1.54, 1.807) is 0 Å². The SMILES string of the molecule is C[C@H](C(=O)Nc1ccc(N2CCOCC2)cc1)[NH+]1CCOCC1. The molecule has 0 radical (unpaired) electrons. The number of carbonyl (C=O) groups is 1. The van der Waals surface area contributed by atoms with Crippen LogP contribution in [0.1, 0.15) is 6.92 Å². The van der Waals surface area contributed by atoms with Gasteiger partial charge in [0.05, 0.1) is 26.4 Å². The van der Waals surface area contributed by atoms with E-state index in [1.165, 1.54) is 10.6 Å². The van der Waals surface area contributed by atoms with Crippen molar-refractivity contribution in [3.8, 4) is 0 Å². The van der Waals surface area contributed by atoms with E-state index in [0.717, 1.165) is 58.3 Å². The van der Waals surface area contributed by atoms with Gasteiger partial charge in [0.25, 0.3) is 5.91 Å². The molecule has 126 valence electrons. The van der Waals surface area contributed by atoms with Crippen LogP contribution in [0.15, 0.2) is 24.3 Å². The number of morpholine rings is 2. The summed E-state index contributed by atoms with van der Waals surface area (Å²) in [5, 5.41) is 3.03. The molecule has 2 N–H and O–H groups in total. The highest BCUT2D eigenvalue weighted by Crippen LogP contribution is 2.19. The number of benzene rings is 1. The van der Waals surface area contributed by atoms with Crippen molar-refractivity contribution >= 4 is 17.3 Å². The molecule has 2 heterocycles. The van der Waals surface area contributed by atoms with Crippen LogP contribution in [0.2, 0.25) is 0 Å². The first-order valence-corrected chi connectivity index (χ1v) is 8.40. The summed E-state index contributed by atoms with van der Waals surface area (Å²) in [5.74, 6) is 0.0704. The first kappa shape index (κ1) is 16.2. The van der Waals surface area contributed by atoms with Gasteiger partial charge in [0.1, 0.15) is 13.1 Å². The summed E-state index contributed by atoms with van der Waals surface area (Å²) in [7, 11) is 0. The molecule has 1 amide bonds. The molecule has 6 heteroatoms. The Balaban J connectivity index is 1.55. The van der Waals surface area contributed by atoms with Crippen LogP contribution in [0, 0.1) is 0 Å². The van der Waals surface area contributed by atoms with Crippen molar-refractivity contribution in [3.05, 3.63) is 24.3 Å². The maximum atomic E-state index is 12.4. The molecule has 1 aromatic rings. The molecule has 6 nitrogen and oxygen atoms in total. The summed E-state index contributed by atoms with van der Waals surface area (Å²) in [6, 6.07) is 8.02. The lowest BCUT2D eigenvalue weighted by molar-refractivity contribution is -0.921. The van der Waals surface area contributed by atoms with Gasteiger partial charge in [-0.2, -0.15) is 0 Å². The van der Waals surface area contributed by atoms with Crippen LogP contribution in [0.4, 0.5) is 11.4 Å². The van der Waals surface area contributed by atoms with Crippen molar-refractivity contribution < 1.29 is 19.2 Å². The lowest BCUT2D eigenvalue weighted by Crippen LogP contribution is -3.18. The molecule has 3 rings (SSSR count). The monoisotopic (exact) mass is 320 g/mol. The van der Waals surface area contributed by atoms with Crippen molar-refractivity contribution in [2.45, 2.75) is 13.0 Å². The largest absolute Gasteiger partial charge is 0.378 e. The maximum absolute atomic E-state index is 12.4. The quantitative estimate of drug-likeness (QED) is 0.804. The molecule has 2 fully saturated rings. The number of nitrogens with one attached hydrogen (secondary N) is 2. The Kier molecular flexibility index (Phi) is 5.48. The molecule has 0 saturated carbocycles. The summed E-state index contributed by atoms with van der Waals surface area (Å²) in [6.45, 7) is 8.64. The number of rotatable bonds is 4. The second kappa shape index (κ2) is 7.77. The van der Waals surface area contributed by atoms with Gasteiger partial charge in [-0.3, -0.25) is 4.79 Å². The average molecular weight is 320 g/mol. The summed E-state index contributed by atoms with van der Waals surface area (Å²) in [5.41, 5.74) is 2.03. The first-order valence-electron chi connectivity index (χ1n) is 8.40. The third kappa shape index (κ3) is 4.22. The fraction of sp³-hybridized carbons (Fsp3) is 0.588. The number of quaternary nitrogens is 1. The second-order valence-corrected chi connectivity index (χ2v) is 6.13. The minimum absolute atomic E-state index is 0.0576. The topological polar surface area (TPSA) is 55.2 Å². The molecule has 2 saturated heterocycles. The molecule has 0 unspecified atom stereocenters. The maximum Gasteiger partial charge on any atom is 0.282 e. The predicted octanol–water partition coefficient (Wildman–Crippen LogP) is -0.235. The predicted molar refractivity (Wildman–Crippen MR) is 89.1 cm³/mol. The molecule has 0 aliphatic carbocycles. The number of hydrogen-bond donors (Lipinski definition) is 2. The molecular formula is C17H26N3O3+. The van der Waals surface area contributed by atoms with E-state index in [9.17, 15) is 4.79 Å². The lowest BCUT2D eigenvalue weighted by Gasteiger charge is -2.29. The van der Waals surface area contributed by atoms with Gasteiger partial charge in [0.15, 0.2) is 6.04 Å². The molecular weight excluding hydrogens is 294 g/mol. The van der Waals surface area contributed by atoms with E-state index in [0.29, 0.717) is 0 Å². The van der Waals surface area contributed by atoms with E-state index < -0.39 is 0 Å². The number of anilines is 2. The van der Waals surface area contributed by atoms with Crippen LogP contribution in [-0.4, -0.2) is 64.6 Å². The zero-order valence-electron chi connectivity index (χ0n) is 13.7. The Morgan fingerprint density at radius 1 is 1.09 bits per heavy atom. The third-order valence-electron chi connectivity index (χ3n) is 4.65. The molecule has 0 spiro atoms. The van der Waals surface area contributed by atoms with E-state index in [-0.39, 0.29) is 11.9 Å². The number of nitrogens with zero attached hydrogens (tertiary/aromatic N) is 1. The van der Waals surface area contributed by atoms with Crippen LogP contribution in [-0.2, 0) is 14.3 Å². The number of amides is 1. The van der Waals surface area contributed by atoms with Gasteiger partial charge in [0, 0.05) is 24.5 Å². The van der Waals surface area contributed by atoms with Crippen LogP contribution in [0.3, 0.4) is 0 Å². The minimum atomic E-state index is -0.0576. The van der Waals surface area contributed by atoms with Crippen molar-refractivity contribution in [2.24, 2.45) is 0 Å². The normalized spacial score (nSPS) is 21.0. The molecule has 0 bridgehead atoms. The zero-order valence-corrected chi connectivity index (χ0v) is 13.7. The van der Waals surface area contributed by atoms with Gasteiger partial charge in [0.2, 0.25) is 0 Å². The Morgan fingerprint density at radius 3 is 2.35 bits per heavy atom. The molecule has 0 aromatic heterocycles. The zero-order chi connectivity index (χ0) is 16.1. The van der Waals surface area contributed by atoms with Crippen LogP contribution < -0.4 is 15.1 Å².